The van der Waals surface area contributed by atoms with E-state index in [0.29, 0.717) is 44.5 Å². The molecule has 7 nitrogen and oxygen atoms in total. The van der Waals surface area contributed by atoms with E-state index in [1.807, 2.05) is 19.1 Å². The number of thiazole rings is 1. The molecule has 3 amide bonds. The Kier molecular flexibility index (Phi) is 6.69. The van der Waals surface area contributed by atoms with Crippen LogP contribution in [-0.2, 0) is 0 Å². The van der Waals surface area contributed by atoms with Crippen molar-refractivity contribution >= 4 is 51.4 Å². The Morgan fingerprint density at radius 1 is 1.07 bits per heavy atom. The molecule has 3 rings (SSSR count). The van der Waals surface area contributed by atoms with E-state index in [9.17, 15) is 9.59 Å². The number of aromatic nitrogens is 1. The number of aryl methyl sites for hydroxylation is 1. The molecule has 3 aromatic rings. The van der Waals surface area contributed by atoms with Crippen LogP contribution in [0.15, 0.2) is 48.5 Å². The van der Waals surface area contributed by atoms with Gasteiger partial charge in [0.2, 0.25) is 0 Å². The minimum absolute atomic E-state index is 0.317. The number of nitrogens with one attached hydrogen (secondary N) is 3. The molecule has 0 fully saturated rings. The van der Waals surface area contributed by atoms with Gasteiger partial charge >= 0.3 is 6.03 Å². The van der Waals surface area contributed by atoms with Crippen LogP contribution in [0.2, 0.25) is 5.02 Å². The van der Waals surface area contributed by atoms with Gasteiger partial charge in [-0.3, -0.25) is 10.1 Å². The first-order valence-electron chi connectivity index (χ1n) is 8.80. The molecule has 0 aliphatic rings. The van der Waals surface area contributed by atoms with E-state index < -0.39 is 6.03 Å². The maximum Gasteiger partial charge on any atom is 0.325 e. The van der Waals surface area contributed by atoms with E-state index >= 15 is 0 Å². The lowest BCUT2D eigenvalue weighted by Gasteiger charge is -2.10. The first-order chi connectivity index (χ1) is 14.0. The average Bonchev–Trinajstić information content (AvgIpc) is 3.05. The third-order valence-electron chi connectivity index (χ3n) is 3.76. The zero-order valence-electron chi connectivity index (χ0n) is 15.8. The van der Waals surface area contributed by atoms with Crippen molar-refractivity contribution in [3.8, 4) is 5.75 Å². The van der Waals surface area contributed by atoms with Gasteiger partial charge in [0.15, 0.2) is 5.13 Å². The first kappa shape index (κ1) is 20.6. The lowest BCUT2D eigenvalue weighted by molar-refractivity contribution is 0.102. The third-order valence-corrected chi connectivity index (χ3v) is 5.08. The summed E-state index contributed by atoms with van der Waals surface area (Å²) in [7, 11) is 0. The van der Waals surface area contributed by atoms with Gasteiger partial charge in [-0.15, -0.1) is 0 Å². The van der Waals surface area contributed by atoms with Gasteiger partial charge in [0.1, 0.15) is 10.6 Å². The second-order valence-corrected chi connectivity index (χ2v) is 7.34. The van der Waals surface area contributed by atoms with Gasteiger partial charge in [0.05, 0.1) is 18.0 Å². The molecule has 150 valence electrons. The van der Waals surface area contributed by atoms with E-state index in [-0.39, 0.29) is 5.91 Å². The number of hydrogen-bond donors (Lipinski definition) is 3. The highest BCUT2D eigenvalue weighted by Crippen LogP contribution is 2.27. The molecule has 9 heteroatoms. The first-order valence-corrected chi connectivity index (χ1v) is 10.00. The van der Waals surface area contributed by atoms with Crippen molar-refractivity contribution < 1.29 is 14.3 Å². The fourth-order valence-corrected chi connectivity index (χ4v) is 3.47. The summed E-state index contributed by atoms with van der Waals surface area (Å²) in [5, 5.41) is 9.04. The fraction of sp³-hybridized carbons (Fsp3) is 0.150. The number of ether oxygens (including phenoxy) is 1. The molecule has 3 N–H and O–H groups in total. The quantitative estimate of drug-likeness (QED) is 0.488. The van der Waals surface area contributed by atoms with E-state index in [1.165, 1.54) is 0 Å². The highest BCUT2D eigenvalue weighted by Gasteiger charge is 2.18. The van der Waals surface area contributed by atoms with Gasteiger partial charge in [-0.1, -0.05) is 35.1 Å². The number of benzene rings is 2. The van der Waals surface area contributed by atoms with E-state index in [1.54, 1.807) is 43.3 Å². The molecule has 1 heterocycles. The topological polar surface area (TPSA) is 92.4 Å². The second kappa shape index (κ2) is 9.40. The standard InChI is InChI=1S/C20H19ClN4O3S/c1-3-28-16-7-5-4-6-15(16)24-18(26)17-12(2)22-20(29-17)25-19(27)23-14-10-8-13(21)9-11-14/h4-11H,3H2,1-2H3,(H,24,26)(H2,22,23,25,27). The number of para-hydroxylation sites is 2. The van der Waals surface area contributed by atoms with Gasteiger partial charge < -0.3 is 15.4 Å². The molecule has 0 radical (unpaired) electrons. The van der Waals surface area contributed by atoms with Gasteiger partial charge in [-0.2, -0.15) is 0 Å². The molecule has 0 saturated heterocycles. The summed E-state index contributed by atoms with van der Waals surface area (Å²) in [6, 6.07) is 13.4. The van der Waals surface area contributed by atoms with Crippen LogP contribution < -0.4 is 20.7 Å². The predicted molar refractivity (Wildman–Crippen MR) is 117 cm³/mol. The summed E-state index contributed by atoms with van der Waals surface area (Å²) < 4.78 is 5.53. The third kappa shape index (κ3) is 5.46. The SMILES string of the molecule is CCOc1ccccc1NC(=O)c1sc(NC(=O)Nc2ccc(Cl)cc2)nc1C. The summed E-state index contributed by atoms with van der Waals surface area (Å²) in [5.74, 6) is 0.268. The molecule has 0 aliphatic carbocycles. The number of rotatable bonds is 6. The predicted octanol–water partition coefficient (Wildman–Crippen LogP) is 5.40. The molecule has 0 unspecified atom stereocenters. The van der Waals surface area contributed by atoms with Crippen LogP contribution in [0.25, 0.3) is 0 Å². The molecular formula is C20H19ClN4O3S. The maximum atomic E-state index is 12.7. The van der Waals surface area contributed by atoms with Crippen molar-refractivity contribution in [2.24, 2.45) is 0 Å². The highest BCUT2D eigenvalue weighted by atomic mass is 35.5. The summed E-state index contributed by atoms with van der Waals surface area (Å²) in [6.07, 6.45) is 0. The monoisotopic (exact) mass is 430 g/mol. The molecule has 0 bridgehead atoms. The number of amides is 3. The number of nitrogens with zero attached hydrogens (tertiary/aromatic N) is 1. The van der Waals surface area contributed by atoms with Crippen LogP contribution in [0.4, 0.5) is 21.3 Å². The van der Waals surface area contributed by atoms with Gasteiger partial charge in [-0.25, -0.2) is 9.78 Å². The second-order valence-electron chi connectivity index (χ2n) is 5.90. The largest absolute Gasteiger partial charge is 0.492 e. The van der Waals surface area contributed by atoms with Crippen LogP contribution in [-0.4, -0.2) is 23.5 Å². The van der Waals surface area contributed by atoms with Crippen molar-refractivity contribution in [3.05, 3.63) is 64.1 Å². The minimum atomic E-state index is -0.463. The molecular weight excluding hydrogens is 412 g/mol. The number of carbonyl (C=O) groups excluding carboxylic acids is 2. The van der Waals surface area contributed by atoms with Crippen LogP contribution in [0.5, 0.6) is 5.75 Å². The molecule has 0 atom stereocenters. The van der Waals surface area contributed by atoms with E-state index in [0.717, 1.165) is 11.3 Å². The van der Waals surface area contributed by atoms with Gasteiger partial charge in [0.25, 0.3) is 5.91 Å². The van der Waals surface area contributed by atoms with Gasteiger partial charge in [0, 0.05) is 10.7 Å². The maximum absolute atomic E-state index is 12.7. The lowest BCUT2D eigenvalue weighted by Crippen LogP contribution is -2.19. The number of hydrogen-bond acceptors (Lipinski definition) is 5. The fourth-order valence-electron chi connectivity index (χ4n) is 2.48. The van der Waals surface area contributed by atoms with E-state index in [2.05, 4.69) is 20.9 Å². The lowest BCUT2D eigenvalue weighted by atomic mass is 10.2. The zero-order chi connectivity index (χ0) is 20.8. The van der Waals surface area contributed by atoms with Crippen molar-refractivity contribution in [1.29, 1.82) is 0 Å². The molecule has 0 spiro atoms. The number of halogens is 1. The highest BCUT2D eigenvalue weighted by molar-refractivity contribution is 7.17. The van der Waals surface area contributed by atoms with E-state index in [4.69, 9.17) is 16.3 Å². The Bertz CT molecular complexity index is 1020. The summed E-state index contributed by atoms with van der Waals surface area (Å²) in [6.45, 7) is 4.07. The van der Waals surface area contributed by atoms with Crippen LogP contribution in [0.1, 0.15) is 22.3 Å². The Morgan fingerprint density at radius 2 is 1.79 bits per heavy atom. The Balaban J connectivity index is 1.67. The minimum Gasteiger partial charge on any atom is -0.492 e. The molecule has 1 aromatic heterocycles. The van der Waals surface area contributed by atoms with Crippen molar-refractivity contribution in [2.75, 3.05) is 22.6 Å². The molecule has 29 heavy (non-hydrogen) atoms. The Labute approximate surface area is 177 Å². The summed E-state index contributed by atoms with van der Waals surface area (Å²) in [5.41, 5.74) is 1.68. The van der Waals surface area contributed by atoms with Crippen molar-refractivity contribution in [3.63, 3.8) is 0 Å². The smallest absolute Gasteiger partial charge is 0.325 e. The zero-order valence-corrected chi connectivity index (χ0v) is 17.4. The van der Waals surface area contributed by atoms with Gasteiger partial charge in [-0.05, 0) is 50.2 Å². The Hall–Kier alpha value is -3.10. The molecule has 2 aromatic carbocycles. The van der Waals surface area contributed by atoms with Crippen LogP contribution in [0.3, 0.4) is 0 Å². The summed E-state index contributed by atoms with van der Waals surface area (Å²) in [4.78, 5) is 29.5. The van der Waals surface area contributed by atoms with Crippen LogP contribution in [0, 0.1) is 6.92 Å². The summed E-state index contributed by atoms with van der Waals surface area (Å²) >= 11 is 6.92. The average molecular weight is 431 g/mol. The van der Waals surface area contributed by atoms with Crippen molar-refractivity contribution in [2.45, 2.75) is 13.8 Å². The van der Waals surface area contributed by atoms with Crippen molar-refractivity contribution in [1.82, 2.24) is 4.98 Å². The Morgan fingerprint density at radius 3 is 2.52 bits per heavy atom. The number of carbonyl (C=O) groups is 2. The van der Waals surface area contributed by atoms with Crippen LogP contribution >= 0.6 is 22.9 Å². The number of urea groups is 1. The molecule has 0 saturated carbocycles. The number of anilines is 3. The molecule has 0 aliphatic heterocycles. The normalized spacial score (nSPS) is 10.3.